The Balaban J connectivity index is 1.84. The lowest BCUT2D eigenvalue weighted by Crippen LogP contribution is -2.30. The van der Waals surface area contributed by atoms with E-state index in [0.29, 0.717) is 17.1 Å². The molecule has 1 N–H and O–H groups in total. The molecule has 0 heterocycles. The fraction of sp³-hybridized carbons (Fsp3) is 0.263. The Kier molecular flexibility index (Phi) is 6.53. The maximum absolute atomic E-state index is 12.8. The smallest absolute Gasteiger partial charge is 0.306 e. The number of hydrogen-bond acceptors (Lipinski definition) is 3. The third-order valence-electron chi connectivity index (χ3n) is 3.73. The van der Waals surface area contributed by atoms with Gasteiger partial charge in [0.2, 0.25) is 0 Å². The van der Waals surface area contributed by atoms with Crippen LogP contribution in [-0.4, -0.2) is 18.0 Å². The van der Waals surface area contributed by atoms with E-state index in [1.54, 1.807) is 37.3 Å². The molecule has 4 nitrogen and oxygen atoms in total. The number of carbonyl (C=O) groups is 2. The Bertz CT molecular complexity index is 762. The van der Waals surface area contributed by atoms with Gasteiger partial charge in [-0.1, -0.05) is 29.8 Å². The van der Waals surface area contributed by atoms with E-state index in [2.05, 4.69) is 5.32 Å². The van der Waals surface area contributed by atoms with E-state index >= 15 is 0 Å². The molecule has 2 aromatic rings. The van der Waals surface area contributed by atoms with E-state index in [4.69, 9.17) is 16.3 Å². The first-order chi connectivity index (χ1) is 11.9. The van der Waals surface area contributed by atoms with Gasteiger partial charge in [-0.3, -0.25) is 9.59 Å². The summed E-state index contributed by atoms with van der Waals surface area (Å²) < 4.78 is 18.0. The van der Waals surface area contributed by atoms with Crippen LogP contribution < -0.4 is 5.32 Å². The normalized spacial score (nSPS) is 11.7. The maximum Gasteiger partial charge on any atom is 0.306 e. The summed E-state index contributed by atoms with van der Waals surface area (Å²) in [6.07, 6.45) is -0.403. The summed E-state index contributed by atoms with van der Waals surface area (Å²) in [5.41, 5.74) is 2.14. The van der Waals surface area contributed by atoms with Crippen molar-refractivity contribution in [3.05, 3.63) is 64.4 Å². The average molecular weight is 364 g/mol. The molecule has 0 radical (unpaired) electrons. The third kappa shape index (κ3) is 5.57. The molecular formula is C19H19ClFNO3. The number of rotatable bonds is 6. The third-order valence-corrected chi connectivity index (χ3v) is 4.14. The van der Waals surface area contributed by atoms with Crippen LogP contribution in [0.4, 0.5) is 10.1 Å². The summed E-state index contributed by atoms with van der Waals surface area (Å²) in [6.45, 7) is 3.29. The van der Waals surface area contributed by atoms with Crippen molar-refractivity contribution in [1.82, 2.24) is 0 Å². The average Bonchev–Trinajstić information content (AvgIpc) is 2.58. The second-order valence-corrected chi connectivity index (χ2v) is 6.07. The lowest BCUT2D eigenvalue weighted by molar-refractivity contribution is -0.153. The number of carbonyl (C=O) groups excluding carboxylic acids is 2. The number of aryl methyl sites for hydroxylation is 1. The number of anilines is 1. The number of ether oxygens (including phenoxy) is 1. The first kappa shape index (κ1) is 18.9. The molecule has 1 amide bonds. The van der Waals surface area contributed by atoms with Crippen LogP contribution in [-0.2, 0) is 20.7 Å². The van der Waals surface area contributed by atoms with E-state index in [0.717, 1.165) is 11.1 Å². The molecule has 2 rings (SSSR count). The van der Waals surface area contributed by atoms with Crippen molar-refractivity contribution in [3.63, 3.8) is 0 Å². The Labute approximate surface area is 150 Å². The van der Waals surface area contributed by atoms with Crippen LogP contribution in [0.25, 0.3) is 0 Å². The van der Waals surface area contributed by atoms with Crippen molar-refractivity contribution < 1.29 is 18.7 Å². The molecule has 132 valence electrons. The lowest BCUT2D eigenvalue weighted by Gasteiger charge is -2.15. The molecule has 2 aromatic carbocycles. The van der Waals surface area contributed by atoms with Gasteiger partial charge in [-0.2, -0.15) is 0 Å². The molecule has 0 aliphatic carbocycles. The zero-order valence-electron chi connectivity index (χ0n) is 14.0. The van der Waals surface area contributed by atoms with Gasteiger partial charge in [0.15, 0.2) is 6.10 Å². The highest BCUT2D eigenvalue weighted by Crippen LogP contribution is 2.23. The first-order valence-electron chi connectivity index (χ1n) is 7.86. The minimum atomic E-state index is -0.931. The van der Waals surface area contributed by atoms with Crippen LogP contribution >= 0.6 is 11.6 Å². The molecule has 25 heavy (non-hydrogen) atoms. The lowest BCUT2D eigenvalue weighted by atomic mass is 10.1. The van der Waals surface area contributed by atoms with Crippen molar-refractivity contribution >= 4 is 29.2 Å². The fourth-order valence-corrected chi connectivity index (χ4v) is 2.36. The van der Waals surface area contributed by atoms with Crippen LogP contribution in [0.2, 0.25) is 5.02 Å². The van der Waals surface area contributed by atoms with Gasteiger partial charge in [0.25, 0.3) is 5.91 Å². The highest BCUT2D eigenvalue weighted by molar-refractivity contribution is 6.31. The van der Waals surface area contributed by atoms with Gasteiger partial charge in [-0.05, 0) is 55.7 Å². The Morgan fingerprint density at radius 1 is 1.20 bits per heavy atom. The second-order valence-electron chi connectivity index (χ2n) is 5.66. The van der Waals surface area contributed by atoms with E-state index in [9.17, 15) is 14.0 Å². The summed E-state index contributed by atoms with van der Waals surface area (Å²) in [5.74, 6) is -1.25. The zero-order chi connectivity index (χ0) is 18.4. The van der Waals surface area contributed by atoms with Crippen LogP contribution in [0.15, 0.2) is 42.5 Å². The number of nitrogens with one attached hydrogen (secondary N) is 1. The quantitative estimate of drug-likeness (QED) is 0.779. The molecule has 0 aliphatic rings. The second kappa shape index (κ2) is 8.62. The molecule has 1 atom stereocenters. The Morgan fingerprint density at radius 2 is 1.88 bits per heavy atom. The Morgan fingerprint density at radius 3 is 2.56 bits per heavy atom. The maximum atomic E-state index is 12.8. The van der Waals surface area contributed by atoms with Crippen molar-refractivity contribution in [2.45, 2.75) is 32.8 Å². The van der Waals surface area contributed by atoms with Crippen LogP contribution in [0.1, 0.15) is 24.5 Å². The van der Waals surface area contributed by atoms with E-state index in [1.165, 1.54) is 19.1 Å². The molecule has 0 aromatic heterocycles. The summed E-state index contributed by atoms with van der Waals surface area (Å²) in [4.78, 5) is 24.0. The van der Waals surface area contributed by atoms with Crippen molar-refractivity contribution in [3.8, 4) is 0 Å². The van der Waals surface area contributed by atoms with Gasteiger partial charge in [-0.15, -0.1) is 0 Å². The predicted molar refractivity (Wildman–Crippen MR) is 95.1 cm³/mol. The predicted octanol–water partition coefficient (Wildman–Crippen LogP) is 4.29. The van der Waals surface area contributed by atoms with Gasteiger partial charge < -0.3 is 10.1 Å². The van der Waals surface area contributed by atoms with Gasteiger partial charge >= 0.3 is 5.97 Å². The van der Waals surface area contributed by atoms with Crippen LogP contribution in [0.3, 0.4) is 0 Å². The van der Waals surface area contributed by atoms with Crippen molar-refractivity contribution in [2.75, 3.05) is 5.32 Å². The summed E-state index contributed by atoms with van der Waals surface area (Å²) in [5, 5.41) is 3.24. The highest BCUT2D eigenvalue weighted by Gasteiger charge is 2.18. The van der Waals surface area contributed by atoms with Gasteiger partial charge in [-0.25, -0.2) is 4.39 Å². The summed E-state index contributed by atoms with van der Waals surface area (Å²) in [6, 6.07) is 11.1. The van der Waals surface area contributed by atoms with Crippen LogP contribution in [0, 0.1) is 12.7 Å². The Hall–Kier alpha value is -2.40. The van der Waals surface area contributed by atoms with E-state index in [1.807, 2.05) is 0 Å². The van der Waals surface area contributed by atoms with Gasteiger partial charge in [0.05, 0.1) is 0 Å². The topological polar surface area (TPSA) is 55.4 Å². The monoisotopic (exact) mass is 363 g/mol. The van der Waals surface area contributed by atoms with Gasteiger partial charge in [0, 0.05) is 17.1 Å². The minimum absolute atomic E-state index is 0.111. The van der Waals surface area contributed by atoms with E-state index < -0.39 is 18.0 Å². The SMILES string of the molecule is Cc1c(Cl)cccc1NC(=O)[C@@H](C)OC(=O)CCc1ccc(F)cc1. The van der Waals surface area contributed by atoms with E-state index in [-0.39, 0.29) is 12.2 Å². The molecule has 0 bridgehead atoms. The first-order valence-corrected chi connectivity index (χ1v) is 8.24. The summed E-state index contributed by atoms with van der Waals surface area (Å²) >= 11 is 6.01. The zero-order valence-corrected chi connectivity index (χ0v) is 14.8. The molecule has 0 fully saturated rings. The number of amides is 1. The minimum Gasteiger partial charge on any atom is -0.453 e. The molecule has 0 saturated carbocycles. The van der Waals surface area contributed by atoms with Crippen molar-refractivity contribution in [1.29, 1.82) is 0 Å². The summed E-state index contributed by atoms with van der Waals surface area (Å²) in [7, 11) is 0. The molecule has 0 aliphatic heterocycles. The fourth-order valence-electron chi connectivity index (χ4n) is 2.18. The van der Waals surface area contributed by atoms with Crippen LogP contribution in [0.5, 0.6) is 0 Å². The van der Waals surface area contributed by atoms with Crippen molar-refractivity contribution in [2.24, 2.45) is 0 Å². The number of benzene rings is 2. The largest absolute Gasteiger partial charge is 0.453 e. The molecule has 0 unspecified atom stereocenters. The molecule has 0 spiro atoms. The van der Waals surface area contributed by atoms with Gasteiger partial charge in [0.1, 0.15) is 5.82 Å². The highest BCUT2D eigenvalue weighted by atomic mass is 35.5. The standard InChI is InChI=1S/C19H19ClFNO3/c1-12-16(20)4-3-5-17(12)22-19(24)13(2)25-18(23)11-8-14-6-9-15(21)10-7-14/h3-7,9-10,13H,8,11H2,1-2H3,(H,22,24)/t13-/m1/s1. The molecule has 6 heteroatoms. The number of hydrogen-bond donors (Lipinski definition) is 1. The molecular weight excluding hydrogens is 345 g/mol. The number of halogens is 2. The molecule has 0 saturated heterocycles. The number of esters is 1.